The van der Waals surface area contributed by atoms with Crippen LogP contribution >= 0.6 is 0 Å². The van der Waals surface area contributed by atoms with Gasteiger partial charge in [0.2, 0.25) is 11.8 Å². The molecule has 9 heteroatoms. The van der Waals surface area contributed by atoms with E-state index in [9.17, 15) is 14.7 Å². The molecule has 1 heterocycles. The van der Waals surface area contributed by atoms with Gasteiger partial charge >= 0.3 is 0 Å². The number of nitrogens with one attached hydrogen (secondary N) is 2. The molecule has 240 valence electrons. The van der Waals surface area contributed by atoms with Crippen molar-refractivity contribution in [3.05, 3.63) is 125 Å². The van der Waals surface area contributed by atoms with Crippen LogP contribution in [0.2, 0.25) is 0 Å². The molecule has 9 nitrogen and oxygen atoms in total. The molecular weight excluding hydrogens is 580 g/mol. The van der Waals surface area contributed by atoms with E-state index in [1.165, 1.54) is 5.56 Å². The molecular formula is C37H42N4O5. The van der Waals surface area contributed by atoms with Crippen LogP contribution < -0.4 is 16.4 Å². The molecule has 0 unspecified atom stereocenters. The Morgan fingerprint density at radius 3 is 2.28 bits per heavy atom. The van der Waals surface area contributed by atoms with Crippen molar-refractivity contribution in [3.63, 3.8) is 0 Å². The summed E-state index contributed by atoms with van der Waals surface area (Å²) in [6.45, 7) is 1.49. The summed E-state index contributed by atoms with van der Waals surface area (Å²) in [5.41, 5.74) is 11.5. The lowest BCUT2D eigenvalue weighted by molar-refractivity contribution is -0.252. The number of nitrogens with zero attached hydrogens (tertiary/aromatic N) is 1. The van der Waals surface area contributed by atoms with E-state index in [0.29, 0.717) is 36.4 Å². The number of para-hydroxylation sites is 2. The molecule has 0 aromatic heterocycles. The second kappa shape index (κ2) is 16.1. The molecule has 1 fully saturated rings. The van der Waals surface area contributed by atoms with Crippen LogP contribution in [0, 0.1) is 0 Å². The standard InChI is InChI=1S/C37H42N4O5/c1-41(23-26-9-3-2-4-10-26)24-31-22-34(28-19-17-27(25-42)18-20-28)46-37(45-31)29-11-7-12-30(21-29)39-35(43)15-8-16-36(44)40-33-14-6-5-13-32(33)38/h2-7,9-14,17-21,31,34,37,42H,8,15-16,22-25,38H2,1H3,(H,39,43)(H,40,44)/t31-,34+,37+/m1/s1. The Hall–Kier alpha value is -4.54. The maximum absolute atomic E-state index is 12.8. The summed E-state index contributed by atoms with van der Waals surface area (Å²) in [5, 5.41) is 15.2. The van der Waals surface area contributed by atoms with Gasteiger partial charge in [0, 0.05) is 43.6 Å². The first-order valence-corrected chi connectivity index (χ1v) is 15.6. The van der Waals surface area contributed by atoms with Crippen LogP contribution in [0.3, 0.4) is 0 Å². The Bertz CT molecular complexity index is 1580. The maximum atomic E-state index is 12.8. The number of rotatable bonds is 13. The first-order chi connectivity index (χ1) is 22.4. The van der Waals surface area contributed by atoms with Crippen molar-refractivity contribution in [3.8, 4) is 0 Å². The first-order valence-electron chi connectivity index (χ1n) is 15.6. The lowest BCUT2D eigenvalue weighted by atomic mass is 9.99. The fourth-order valence-electron chi connectivity index (χ4n) is 5.56. The quantitative estimate of drug-likeness (QED) is 0.131. The van der Waals surface area contributed by atoms with Crippen LogP contribution in [-0.4, -0.2) is 41.5 Å². The minimum atomic E-state index is -0.641. The Labute approximate surface area is 270 Å². The van der Waals surface area contributed by atoms with Crippen molar-refractivity contribution in [2.45, 2.75) is 57.3 Å². The molecule has 0 spiro atoms. The third-order valence-corrected chi connectivity index (χ3v) is 7.91. The van der Waals surface area contributed by atoms with Crippen LogP contribution in [0.15, 0.2) is 103 Å². The Morgan fingerprint density at radius 2 is 1.54 bits per heavy atom. The molecule has 3 atom stereocenters. The van der Waals surface area contributed by atoms with Gasteiger partial charge in [-0.05, 0) is 54.4 Å². The van der Waals surface area contributed by atoms with E-state index in [4.69, 9.17) is 15.2 Å². The van der Waals surface area contributed by atoms with Crippen molar-refractivity contribution in [1.82, 2.24) is 4.90 Å². The molecule has 4 aromatic rings. The first kappa shape index (κ1) is 32.8. The number of anilines is 3. The number of hydrogen-bond donors (Lipinski definition) is 4. The highest BCUT2D eigenvalue weighted by molar-refractivity contribution is 5.94. The van der Waals surface area contributed by atoms with Crippen LogP contribution in [0.25, 0.3) is 0 Å². The Balaban J connectivity index is 1.21. The fourth-order valence-corrected chi connectivity index (χ4v) is 5.56. The molecule has 4 aromatic carbocycles. The fraction of sp³-hybridized carbons (Fsp3) is 0.297. The van der Waals surface area contributed by atoms with Crippen molar-refractivity contribution in [2.24, 2.45) is 0 Å². The smallest absolute Gasteiger partial charge is 0.224 e. The molecule has 0 saturated carbocycles. The number of aliphatic hydroxyl groups is 1. The average Bonchev–Trinajstić information content (AvgIpc) is 3.06. The highest BCUT2D eigenvalue weighted by Gasteiger charge is 2.33. The number of nitrogens with two attached hydrogens (primary N) is 1. The monoisotopic (exact) mass is 622 g/mol. The number of ether oxygens (including phenoxy) is 2. The maximum Gasteiger partial charge on any atom is 0.224 e. The summed E-state index contributed by atoms with van der Waals surface area (Å²) >= 11 is 0. The summed E-state index contributed by atoms with van der Waals surface area (Å²) in [4.78, 5) is 27.3. The van der Waals surface area contributed by atoms with E-state index in [1.54, 1.807) is 24.3 Å². The lowest BCUT2D eigenvalue weighted by Crippen LogP contribution is -2.37. The van der Waals surface area contributed by atoms with Gasteiger partial charge in [-0.15, -0.1) is 0 Å². The van der Waals surface area contributed by atoms with Gasteiger partial charge in [-0.1, -0.05) is 78.9 Å². The Kier molecular flexibility index (Phi) is 11.5. The van der Waals surface area contributed by atoms with E-state index in [2.05, 4.69) is 34.7 Å². The molecule has 2 amide bonds. The van der Waals surface area contributed by atoms with Gasteiger partial charge < -0.3 is 30.9 Å². The van der Waals surface area contributed by atoms with E-state index in [1.807, 2.05) is 66.7 Å². The zero-order chi connectivity index (χ0) is 32.3. The minimum absolute atomic E-state index is 0.0149. The van der Waals surface area contributed by atoms with Gasteiger partial charge in [0.25, 0.3) is 0 Å². The van der Waals surface area contributed by atoms with Crippen LogP contribution in [-0.2, 0) is 32.2 Å². The van der Waals surface area contributed by atoms with Crippen molar-refractivity contribution in [1.29, 1.82) is 0 Å². The van der Waals surface area contributed by atoms with E-state index in [0.717, 1.165) is 23.2 Å². The van der Waals surface area contributed by atoms with Crippen LogP contribution in [0.1, 0.15) is 60.3 Å². The van der Waals surface area contributed by atoms with Gasteiger partial charge in [0.05, 0.1) is 30.2 Å². The molecule has 5 rings (SSSR count). The highest BCUT2D eigenvalue weighted by atomic mass is 16.7. The number of carbonyl (C=O) groups excluding carboxylic acids is 2. The van der Waals surface area contributed by atoms with Crippen LogP contribution in [0.5, 0.6) is 0 Å². The predicted molar refractivity (Wildman–Crippen MR) is 180 cm³/mol. The minimum Gasteiger partial charge on any atom is -0.397 e. The number of amides is 2. The zero-order valence-corrected chi connectivity index (χ0v) is 26.1. The molecule has 1 aliphatic rings. The summed E-state index contributed by atoms with van der Waals surface area (Å²) in [5.74, 6) is -0.374. The number of hydrogen-bond acceptors (Lipinski definition) is 7. The highest BCUT2D eigenvalue weighted by Crippen LogP contribution is 2.38. The van der Waals surface area contributed by atoms with Gasteiger partial charge in [-0.2, -0.15) is 0 Å². The molecule has 5 N–H and O–H groups in total. The van der Waals surface area contributed by atoms with Gasteiger partial charge in [-0.25, -0.2) is 0 Å². The Morgan fingerprint density at radius 1 is 0.826 bits per heavy atom. The molecule has 0 radical (unpaired) electrons. The third kappa shape index (κ3) is 9.48. The molecule has 1 saturated heterocycles. The number of benzene rings is 4. The van der Waals surface area contributed by atoms with Crippen LogP contribution in [0.4, 0.5) is 17.1 Å². The van der Waals surface area contributed by atoms with E-state index < -0.39 is 6.29 Å². The topological polar surface area (TPSA) is 126 Å². The number of carbonyl (C=O) groups is 2. The second-order valence-electron chi connectivity index (χ2n) is 11.7. The normalized spacial score (nSPS) is 17.8. The summed E-state index contributed by atoms with van der Waals surface area (Å²) in [6.07, 6.45) is 0.509. The summed E-state index contributed by atoms with van der Waals surface area (Å²) in [6, 6.07) is 32.7. The van der Waals surface area contributed by atoms with Crippen molar-refractivity contribution >= 4 is 28.9 Å². The van der Waals surface area contributed by atoms with E-state index in [-0.39, 0.29) is 43.5 Å². The summed E-state index contributed by atoms with van der Waals surface area (Å²) < 4.78 is 13.0. The number of aliphatic hydroxyl groups excluding tert-OH is 1. The van der Waals surface area contributed by atoms with Crippen molar-refractivity contribution < 1.29 is 24.2 Å². The molecule has 0 aliphatic carbocycles. The SMILES string of the molecule is CN(Cc1ccccc1)C[C@H]1C[C@@H](c2ccc(CO)cc2)O[C@@H](c2cccc(NC(=O)CCCC(=O)Nc3ccccc3N)c2)O1. The predicted octanol–water partition coefficient (Wildman–Crippen LogP) is 6.19. The molecule has 0 bridgehead atoms. The largest absolute Gasteiger partial charge is 0.397 e. The molecule has 46 heavy (non-hydrogen) atoms. The van der Waals surface area contributed by atoms with Crippen molar-refractivity contribution in [2.75, 3.05) is 30.0 Å². The molecule has 1 aliphatic heterocycles. The van der Waals surface area contributed by atoms with Gasteiger partial charge in [0.15, 0.2) is 6.29 Å². The summed E-state index contributed by atoms with van der Waals surface area (Å²) in [7, 11) is 2.09. The average molecular weight is 623 g/mol. The zero-order valence-electron chi connectivity index (χ0n) is 26.1. The van der Waals surface area contributed by atoms with E-state index >= 15 is 0 Å². The van der Waals surface area contributed by atoms with Gasteiger partial charge in [-0.3, -0.25) is 14.5 Å². The second-order valence-corrected chi connectivity index (χ2v) is 11.7. The third-order valence-electron chi connectivity index (χ3n) is 7.91. The number of nitrogen functional groups attached to an aromatic ring is 1. The lowest BCUT2D eigenvalue weighted by Gasteiger charge is -2.38. The number of likely N-dealkylation sites (N-methyl/N-ethyl adjacent to an activating group) is 1. The van der Waals surface area contributed by atoms with Gasteiger partial charge in [0.1, 0.15) is 0 Å².